The Balaban J connectivity index is 1.52. The Labute approximate surface area is 211 Å². The van der Waals surface area contributed by atoms with Crippen LogP contribution < -0.4 is 20.4 Å². The smallest absolute Gasteiger partial charge is 0.261 e. The Morgan fingerprint density at radius 2 is 1.46 bits per heavy atom. The molecule has 1 saturated heterocycles. The summed E-state index contributed by atoms with van der Waals surface area (Å²) < 4.78 is 35.6. The molecule has 186 valence electrons. The Kier molecular flexibility index (Phi) is 7.64. The molecule has 0 spiro atoms. The van der Waals surface area contributed by atoms with Gasteiger partial charge in [0.15, 0.2) is 0 Å². The van der Waals surface area contributed by atoms with E-state index in [-0.39, 0.29) is 17.1 Å². The lowest BCUT2D eigenvalue weighted by Gasteiger charge is -2.43. The third-order valence-electron chi connectivity index (χ3n) is 6.79. The highest BCUT2D eigenvalue weighted by atomic mass is 32.2. The van der Waals surface area contributed by atoms with Crippen LogP contribution in [0.1, 0.15) is 32.8 Å². The van der Waals surface area contributed by atoms with E-state index < -0.39 is 18.3 Å². The number of hydrogen-bond donors (Lipinski definition) is 2. The van der Waals surface area contributed by atoms with E-state index in [2.05, 4.69) is 79.3 Å². The lowest BCUT2D eigenvalue weighted by molar-refractivity contribution is 0.260. The van der Waals surface area contributed by atoms with E-state index in [4.69, 9.17) is 4.43 Å². The quantitative estimate of drug-likeness (QED) is 0.457. The lowest BCUT2D eigenvalue weighted by atomic mass is 10.2. The monoisotopic (exact) mass is 508 g/mol. The first-order valence-corrected chi connectivity index (χ1v) is 15.6. The maximum absolute atomic E-state index is 12.9. The van der Waals surface area contributed by atoms with Crippen LogP contribution in [0.2, 0.25) is 5.04 Å². The fraction of sp³-hybridized carbons (Fsp3) is 0.357. The molecule has 1 aliphatic heterocycles. The van der Waals surface area contributed by atoms with Crippen molar-refractivity contribution in [3.63, 3.8) is 0 Å². The van der Waals surface area contributed by atoms with Gasteiger partial charge in [0, 0.05) is 18.6 Å². The summed E-state index contributed by atoms with van der Waals surface area (Å²) in [5.74, 6) is 0. The van der Waals surface area contributed by atoms with E-state index in [9.17, 15) is 8.42 Å². The zero-order valence-corrected chi connectivity index (χ0v) is 22.8. The maximum atomic E-state index is 12.9. The highest BCUT2D eigenvalue weighted by Gasteiger charge is 2.50. The summed E-state index contributed by atoms with van der Waals surface area (Å²) in [6.45, 7) is 9.84. The van der Waals surface area contributed by atoms with Crippen molar-refractivity contribution in [2.24, 2.45) is 0 Å². The number of benzene rings is 3. The van der Waals surface area contributed by atoms with Gasteiger partial charge in [-0.2, -0.15) is 0 Å². The molecule has 3 aromatic rings. The second kappa shape index (κ2) is 10.4. The summed E-state index contributed by atoms with van der Waals surface area (Å²) in [5.41, 5.74) is 1.03. The second-order valence-corrected chi connectivity index (χ2v) is 16.5. The number of nitrogens with one attached hydrogen (secondary N) is 2. The predicted molar refractivity (Wildman–Crippen MR) is 145 cm³/mol. The first kappa shape index (κ1) is 25.8. The van der Waals surface area contributed by atoms with Crippen LogP contribution in [-0.4, -0.2) is 42.0 Å². The summed E-state index contributed by atoms with van der Waals surface area (Å²) in [6.07, 6.45) is 0.684. The van der Waals surface area contributed by atoms with Crippen molar-refractivity contribution in [1.82, 2.24) is 10.0 Å². The van der Waals surface area contributed by atoms with Crippen LogP contribution in [0.5, 0.6) is 0 Å². The number of aryl methyl sites for hydroxylation is 1. The molecule has 4 rings (SSSR count). The Bertz CT molecular complexity index is 1170. The fourth-order valence-corrected chi connectivity index (χ4v) is 10.9. The fourth-order valence-electron chi connectivity index (χ4n) is 5.03. The van der Waals surface area contributed by atoms with Crippen molar-refractivity contribution in [3.05, 3.63) is 90.5 Å². The molecule has 0 radical (unpaired) electrons. The largest absolute Gasteiger partial charge is 0.406 e. The normalized spacial score (nSPS) is 19.1. The molecule has 1 aliphatic rings. The van der Waals surface area contributed by atoms with Crippen molar-refractivity contribution in [1.29, 1.82) is 0 Å². The predicted octanol–water partition coefficient (Wildman–Crippen LogP) is 3.58. The zero-order valence-electron chi connectivity index (χ0n) is 21.0. The molecule has 1 heterocycles. The first-order valence-electron chi connectivity index (χ1n) is 12.2. The average molecular weight is 509 g/mol. The molecule has 7 heteroatoms. The zero-order chi connectivity index (χ0) is 25.1. The molecular formula is C28H36N2O3SSi. The van der Waals surface area contributed by atoms with Gasteiger partial charge in [0.1, 0.15) is 0 Å². The van der Waals surface area contributed by atoms with Gasteiger partial charge in [0.05, 0.1) is 11.5 Å². The Morgan fingerprint density at radius 1 is 0.914 bits per heavy atom. The second-order valence-electron chi connectivity index (χ2n) is 10.4. The van der Waals surface area contributed by atoms with Gasteiger partial charge >= 0.3 is 0 Å². The standard InChI is InChI=1S/C28H36N2O3SSi/c1-22-15-17-25(18-16-22)34(31,32)30-23-19-24(29-20-23)21-33-35(28(2,3)4,26-11-7-5-8-12-26)27-13-9-6-10-14-27/h5-18,23-24,29-30H,19-21H2,1-4H3/t23-,24+/m1/s1. The molecule has 0 unspecified atom stereocenters. The van der Waals surface area contributed by atoms with Gasteiger partial charge in [-0.15, -0.1) is 0 Å². The van der Waals surface area contributed by atoms with Crippen LogP contribution in [0.25, 0.3) is 0 Å². The summed E-state index contributed by atoms with van der Waals surface area (Å²) in [7, 11) is -6.18. The number of rotatable bonds is 8. The van der Waals surface area contributed by atoms with E-state index in [0.717, 1.165) is 5.56 Å². The van der Waals surface area contributed by atoms with E-state index >= 15 is 0 Å². The van der Waals surface area contributed by atoms with Crippen molar-refractivity contribution in [3.8, 4) is 0 Å². The van der Waals surface area contributed by atoms with E-state index in [1.165, 1.54) is 10.4 Å². The van der Waals surface area contributed by atoms with Crippen LogP contribution in [0.4, 0.5) is 0 Å². The molecule has 0 bridgehead atoms. The van der Waals surface area contributed by atoms with Gasteiger partial charge in [-0.3, -0.25) is 0 Å². The van der Waals surface area contributed by atoms with E-state index in [0.29, 0.717) is 24.5 Å². The first-order chi connectivity index (χ1) is 16.6. The molecule has 1 fully saturated rings. The lowest BCUT2D eigenvalue weighted by Crippen LogP contribution is -2.67. The third kappa shape index (κ3) is 5.60. The molecule has 0 aliphatic carbocycles. The summed E-state index contributed by atoms with van der Waals surface area (Å²) in [5, 5.41) is 5.88. The minimum absolute atomic E-state index is 0.0716. The van der Waals surface area contributed by atoms with Crippen LogP contribution >= 0.6 is 0 Å². The molecule has 35 heavy (non-hydrogen) atoms. The third-order valence-corrected chi connectivity index (χ3v) is 13.3. The molecule has 2 atom stereocenters. The van der Waals surface area contributed by atoms with E-state index in [1.807, 2.05) is 31.2 Å². The number of hydrogen-bond acceptors (Lipinski definition) is 4. The highest BCUT2D eigenvalue weighted by Crippen LogP contribution is 2.37. The van der Waals surface area contributed by atoms with Gasteiger partial charge in [-0.1, -0.05) is 99.1 Å². The summed E-state index contributed by atoms with van der Waals surface area (Å²) >= 11 is 0. The molecule has 2 N–H and O–H groups in total. The molecule has 0 amide bonds. The molecular weight excluding hydrogens is 472 g/mol. The van der Waals surface area contributed by atoms with Gasteiger partial charge < -0.3 is 9.74 Å². The van der Waals surface area contributed by atoms with Crippen molar-refractivity contribution >= 4 is 28.7 Å². The average Bonchev–Trinajstić information content (AvgIpc) is 3.27. The van der Waals surface area contributed by atoms with Gasteiger partial charge in [-0.25, -0.2) is 13.1 Å². The van der Waals surface area contributed by atoms with Crippen LogP contribution in [0, 0.1) is 6.92 Å². The SMILES string of the molecule is Cc1ccc(S(=O)(=O)N[C@H]2CN[C@H](CO[Si](c3ccccc3)(c3ccccc3)C(C)(C)C)C2)cc1. The van der Waals surface area contributed by atoms with Crippen molar-refractivity contribution in [2.45, 2.75) is 56.1 Å². The maximum Gasteiger partial charge on any atom is 0.261 e. The van der Waals surface area contributed by atoms with Crippen LogP contribution in [-0.2, 0) is 14.4 Å². The van der Waals surface area contributed by atoms with Crippen LogP contribution in [0.15, 0.2) is 89.8 Å². The summed E-state index contributed by atoms with van der Waals surface area (Å²) in [4.78, 5) is 0.301. The summed E-state index contributed by atoms with van der Waals surface area (Å²) in [6, 6.07) is 28.0. The topological polar surface area (TPSA) is 67.4 Å². The van der Waals surface area contributed by atoms with E-state index in [1.54, 1.807) is 12.1 Å². The molecule has 5 nitrogen and oxygen atoms in total. The van der Waals surface area contributed by atoms with Crippen molar-refractivity contribution < 1.29 is 12.8 Å². The van der Waals surface area contributed by atoms with Gasteiger partial charge in [0.2, 0.25) is 10.0 Å². The van der Waals surface area contributed by atoms with Gasteiger partial charge in [-0.05, 0) is 40.9 Å². The minimum Gasteiger partial charge on any atom is -0.406 e. The Morgan fingerprint density at radius 3 is 1.97 bits per heavy atom. The van der Waals surface area contributed by atoms with Crippen LogP contribution in [0.3, 0.4) is 0 Å². The minimum atomic E-state index is -3.56. The molecule has 0 aromatic heterocycles. The molecule has 0 saturated carbocycles. The van der Waals surface area contributed by atoms with Crippen molar-refractivity contribution in [2.75, 3.05) is 13.2 Å². The number of sulfonamides is 1. The van der Waals surface area contributed by atoms with Gasteiger partial charge in [0.25, 0.3) is 8.32 Å². The molecule has 3 aromatic carbocycles. The highest BCUT2D eigenvalue weighted by molar-refractivity contribution is 7.89. The Hall–Kier alpha value is -2.29.